The van der Waals surface area contributed by atoms with Crippen LogP contribution in [0, 0.1) is 5.92 Å². The molecule has 4 heterocycles. The molecule has 2 atom stereocenters. The molecule has 0 aliphatic carbocycles. The Bertz CT molecular complexity index is 652. The number of rotatable bonds is 5. The summed E-state index contributed by atoms with van der Waals surface area (Å²) in [5, 5.41) is 3.30. The van der Waals surface area contributed by atoms with Crippen LogP contribution < -0.4 is 5.32 Å². The number of hydrogen-bond donors (Lipinski definition) is 1. The van der Waals surface area contributed by atoms with E-state index in [0.29, 0.717) is 18.5 Å². The normalized spacial score (nSPS) is 27.4. The zero-order chi connectivity index (χ0) is 17.0. The van der Waals surface area contributed by atoms with E-state index in [9.17, 15) is 0 Å². The quantitative estimate of drug-likeness (QED) is 0.886. The van der Waals surface area contributed by atoms with E-state index in [0.717, 1.165) is 51.6 Å². The first-order valence-electron chi connectivity index (χ1n) is 8.79. The molecule has 7 nitrogen and oxygen atoms in total. The number of furan rings is 1. The van der Waals surface area contributed by atoms with Crippen molar-refractivity contribution in [3.8, 4) is 0 Å². The third kappa shape index (κ3) is 4.18. The van der Waals surface area contributed by atoms with Crippen molar-refractivity contribution in [3.63, 3.8) is 0 Å². The second kappa shape index (κ2) is 7.51. The lowest BCUT2D eigenvalue weighted by atomic mass is 9.94. The summed E-state index contributed by atoms with van der Waals surface area (Å²) in [5.74, 6) is 2.07. The van der Waals surface area contributed by atoms with E-state index in [1.807, 2.05) is 18.2 Å². The van der Waals surface area contributed by atoms with Gasteiger partial charge in [0, 0.05) is 37.9 Å². The van der Waals surface area contributed by atoms with Gasteiger partial charge in [0.25, 0.3) is 0 Å². The summed E-state index contributed by atoms with van der Waals surface area (Å²) in [5.41, 5.74) is -0.229. The van der Waals surface area contributed by atoms with Crippen LogP contribution in [-0.4, -0.2) is 59.9 Å². The fourth-order valence-corrected chi connectivity index (χ4v) is 3.65. The van der Waals surface area contributed by atoms with Crippen molar-refractivity contribution in [2.45, 2.75) is 18.6 Å². The fourth-order valence-electron chi connectivity index (χ4n) is 3.65. The van der Waals surface area contributed by atoms with Crippen LogP contribution in [-0.2, 0) is 16.0 Å². The Morgan fingerprint density at radius 3 is 3.04 bits per heavy atom. The molecule has 4 rings (SSSR count). The first-order valence-corrected chi connectivity index (χ1v) is 8.79. The molecular formula is C18H24N4O3. The van der Waals surface area contributed by atoms with Crippen LogP contribution in [0.5, 0.6) is 0 Å². The van der Waals surface area contributed by atoms with Crippen molar-refractivity contribution in [1.29, 1.82) is 0 Å². The molecule has 7 heteroatoms. The smallest absolute Gasteiger partial charge is 0.222 e. The maximum atomic E-state index is 6.23. The Kier molecular flexibility index (Phi) is 4.96. The fraction of sp³-hybridized carbons (Fsp3) is 0.556. The Labute approximate surface area is 147 Å². The van der Waals surface area contributed by atoms with E-state index >= 15 is 0 Å². The van der Waals surface area contributed by atoms with Crippen LogP contribution in [0.1, 0.15) is 12.2 Å². The van der Waals surface area contributed by atoms with Crippen molar-refractivity contribution in [2.75, 3.05) is 44.8 Å². The summed E-state index contributed by atoms with van der Waals surface area (Å²) < 4.78 is 17.6. The van der Waals surface area contributed by atoms with Crippen LogP contribution in [0.4, 0.5) is 5.95 Å². The van der Waals surface area contributed by atoms with Crippen LogP contribution >= 0.6 is 0 Å². The molecule has 2 saturated heterocycles. The molecule has 0 aromatic carbocycles. The van der Waals surface area contributed by atoms with Crippen molar-refractivity contribution in [1.82, 2.24) is 14.9 Å². The minimum atomic E-state index is -0.229. The minimum absolute atomic E-state index is 0.229. The summed E-state index contributed by atoms with van der Waals surface area (Å²) in [4.78, 5) is 10.8. The van der Waals surface area contributed by atoms with E-state index in [-0.39, 0.29) is 5.60 Å². The van der Waals surface area contributed by atoms with Crippen LogP contribution in [0.2, 0.25) is 0 Å². The largest absolute Gasteiger partial charge is 0.468 e. The maximum absolute atomic E-state index is 6.23. The molecule has 0 bridgehead atoms. The van der Waals surface area contributed by atoms with E-state index < -0.39 is 0 Å². The Morgan fingerprint density at radius 1 is 1.28 bits per heavy atom. The summed E-state index contributed by atoms with van der Waals surface area (Å²) >= 11 is 0. The lowest BCUT2D eigenvalue weighted by molar-refractivity contribution is -0.0565. The predicted molar refractivity (Wildman–Crippen MR) is 92.1 cm³/mol. The van der Waals surface area contributed by atoms with Gasteiger partial charge in [0.2, 0.25) is 5.95 Å². The van der Waals surface area contributed by atoms with Gasteiger partial charge in [-0.3, -0.25) is 4.90 Å². The molecule has 0 amide bonds. The molecule has 1 N–H and O–H groups in total. The molecule has 0 saturated carbocycles. The van der Waals surface area contributed by atoms with Crippen molar-refractivity contribution in [3.05, 3.63) is 42.6 Å². The molecule has 25 heavy (non-hydrogen) atoms. The summed E-state index contributed by atoms with van der Waals surface area (Å²) in [7, 11) is 0. The highest BCUT2D eigenvalue weighted by molar-refractivity contribution is 5.22. The average Bonchev–Trinajstić information content (AvgIpc) is 3.23. The van der Waals surface area contributed by atoms with Gasteiger partial charge in [-0.25, -0.2) is 9.97 Å². The molecule has 2 aliphatic rings. The monoisotopic (exact) mass is 344 g/mol. The van der Waals surface area contributed by atoms with Crippen molar-refractivity contribution in [2.24, 2.45) is 5.92 Å². The molecular weight excluding hydrogens is 320 g/mol. The second-order valence-electron chi connectivity index (χ2n) is 6.86. The van der Waals surface area contributed by atoms with Crippen molar-refractivity contribution < 1.29 is 13.9 Å². The molecule has 2 unspecified atom stereocenters. The zero-order valence-electron chi connectivity index (χ0n) is 14.3. The number of aromatic nitrogens is 2. The van der Waals surface area contributed by atoms with Gasteiger partial charge in [-0.05, 0) is 24.6 Å². The highest BCUT2D eigenvalue weighted by Gasteiger charge is 2.43. The standard InChI is InChI=1S/C18H24N4O3/c1-3-16(24-7-1)11-22-6-8-23-14-18(13-22)9-15(12-25-18)10-21-17-19-4-2-5-20-17/h1-5,7,15H,6,8-14H2,(H,19,20,21). The SMILES string of the molecule is c1cnc(NCC2COC3(COCCN(Cc4ccco4)C3)C2)nc1. The van der Waals surface area contributed by atoms with Gasteiger partial charge < -0.3 is 19.2 Å². The first kappa shape index (κ1) is 16.5. The molecule has 0 radical (unpaired) electrons. The number of ether oxygens (including phenoxy) is 2. The minimum Gasteiger partial charge on any atom is -0.468 e. The molecule has 1 spiro atoms. The topological polar surface area (TPSA) is 72.7 Å². The van der Waals surface area contributed by atoms with E-state index in [1.165, 1.54) is 0 Å². The molecule has 2 aromatic rings. The van der Waals surface area contributed by atoms with E-state index in [4.69, 9.17) is 13.9 Å². The van der Waals surface area contributed by atoms with Gasteiger partial charge in [-0.15, -0.1) is 0 Å². The maximum Gasteiger partial charge on any atom is 0.222 e. The summed E-state index contributed by atoms with van der Waals surface area (Å²) in [6.07, 6.45) is 6.18. The summed E-state index contributed by atoms with van der Waals surface area (Å²) in [6.45, 7) is 5.48. The number of hydrogen-bond acceptors (Lipinski definition) is 7. The van der Waals surface area contributed by atoms with Gasteiger partial charge in [0.1, 0.15) is 11.4 Å². The lowest BCUT2D eigenvalue weighted by Gasteiger charge is -2.30. The lowest BCUT2D eigenvalue weighted by Crippen LogP contribution is -2.43. The number of nitrogens with one attached hydrogen (secondary N) is 1. The third-order valence-electron chi connectivity index (χ3n) is 4.79. The Hall–Kier alpha value is -1.96. The van der Waals surface area contributed by atoms with Crippen LogP contribution in [0.3, 0.4) is 0 Å². The highest BCUT2D eigenvalue weighted by Crippen LogP contribution is 2.33. The number of anilines is 1. The predicted octanol–water partition coefficient (Wildman–Crippen LogP) is 1.79. The van der Waals surface area contributed by atoms with E-state index in [1.54, 1.807) is 18.7 Å². The Balaban J connectivity index is 1.34. The molecule has 2 aromatic heterocycles. The molecule has 2 aliphatic heterocycles. The average molecular weight is 344 g/mol. The number of nitrogens with zero attached hydrogens (tertiary/aromatic N) is 3. The van der Waals surface area contributed by atoms with Gasteiger partial charge in [-0.2, -0.15) is 0 Å². The third-order valence-corrected chi connectivity index (χ3v) is 4.79. The van der Waals surface area contributed by atoms with Crippen LogP contribution in [0.15, 0.2) is 41.3 Å². The van der Waals surface area contributed by atoms with Gasteiger partial charge in [-0.1, -0.05) is 0 Å². The van der Waals surface area contributed by atoms with Gasteiger partial charge in [0.05, 0.1) is 32.6 Å². The van der Waals surface area contributed by atoms with E-state index in [2.05, 4.69) is 20.2 Å². The van der Waals surface area contributed by atoms with Crippen molar-refractivity contribution >= 4 is 5.95 Å². The first-order chi connectivity index (χ1) is 12.3. The zero-order valence-corrected chi connectivity index (χ0v) is 14.3. The second-order valence-corrected chi connectivity index (χ2v) is 6.86. The Morgan fingerprint density at radius 2 is 2.20 bits per heavy atom. The highest BCUT2D eigenvalue weighted by atomic mass is 16.5. The van der Waals surface area contributed by atoms with Crippen LogP contribution in [0.25, 0.3) is 0 Å². The van der Waals surface area contributed by atoms with Gasteiger partial charge in [0.15, 0.2) is 0 Å². The summed E-state index contributed by atoms with van der Waals surface area (Å²) in [6, 6.07) is 5.76. The van der Waals surface area contributed by atoms with Gasteiger partial charge >= 0.3 is 0 Å². The molecule has 134 valence electrons. The molecule has 2 fully saturated rings.